The summed E-state index contributed by atoms with van der Waals surface area (Å²) in [7, 11) is 5.20. The maximum atomic E-state index is 8.73. The van der Waals surface area contributed by atoms with Gasteiger partial charge in [-0.15, -0.1) is 0 Å². The molecule has 0 amide bonds. The maximum absolute atomic E-state index is 8.73. The van der Waals surface area contributed by atoms with Crippen LogP contribution in [0.3, 0.4) is 0 Å². The van der Waals surface area contributed by atoms with Crippen molar-refractivity contribution >= 4 is 5.96 Å². The molecule has 5 nitrogen and oxygen atoms in total. The fourth-order valence-electron chi connectivity index (χ4n) is 1.22. The van der Waals surface area contributed by atoms with Crippen molar-refractivity contribution in [1.82, 2.24) is 9.80 Å². The number of guanidine groups is 1. The summed E-state index contributed by atoms with van der Waals surface area (Å²) in [6.07, 6.45) is 0. The monoisotopic (exact) mass is 168 g/mol. The molecule has 0 bridgehead atoms. The Balaban J connectivity index is 2.78. The Kier molecular flexibility index (Phi) is 2.38. The smallest absolute Gasteiger partial charge is 0.239 e. The Morgan fingerprint density at radius 3 is 2.75 bits per heavy atom. The van der Waals surface area contributed by atoms with Crippen LogP contribution < -0.4 is 0 Å². The second-order valence-electron chi connectivity index (χ2n) is 2.71. The van der Waals surface area contributed by atoms with E-state index in [2.05, 4.69) is 16.1 Å². The lowest BCUT2D eigenvalue weighted by Gasteiger charge is -2.14. The van der Waals surface area contributed by atoms with E-state index in [9.17, 15) is 0 Å². The third-order valence-corrected chi connectivity index (χ3v) is 1.89. The number of hydrogen-bond acceptors (Lipinski definition) is 3. The molecule has 1 saturated heterocycles. The molecule has 0 aromatic heterocycles. The summed E-state index contributed by atoms with van der Waals surface area (Å²) in [5, 5.41) is 12.5. The maximum Gasteiger partial charge on any atom is 0.239 e. The number of oxime groups is 1. The van der Waals surface area contributed by atoms with E-state index in [0.29, 0.717) is 12.5 Å². The Hall–Kier alpha value is -1.44. The van der Waals surface area contributed by atoms with Crippen molar-refractivity contribution in [2.24, 2.45) is 5.16 Å². The quantitative estimate of drug-likeness (QED) is 0.503. The molecule has 0 radical (unpaired) electrons. The average Bonchev–Trinajstić information content (AvgIpc) is 2.32. The van der Waals surface area contributed by atoms with Crippen molar-refractivity contribution in [3.8, 4) is 6.07 Å². The molecule has 66 valence electrons. The molecule has 0 aromatic rings. The van der Waals surface area contributed by atoms with Crippen LogP contribution in [0.4, 0.5) is 0 Å². The summed E-state index contributed by atoms with van der Waals surface area (Å²) in [6.45, 7) is 0.676. The van der Waals surface area contributed by atoms with Crippen LogP contribution in [0.15, 0.2) is 5.16 Å². The van der Waals surface area contributed by atoms with Gasteiger partial charge in [-0.1, -0.05) is 0 Å². The number of hydrogen-bond donors (Lipinski definition) is 0. The van der Waals surface area contributed by atoms with E-state index in [1.165, 1.54) is 7.11 Å². The molecule has 1 unspecified atom stereocenters. The molecule has 1 fully saturated rings. The van der Waals surface area contributed by atoms with Crippen molar-refractivity contribution in [2.75, 3.05) is 27.7 Å². The third kappa shape index (κ3) is 1.28. The zero-order chi connectivity index (χ0) is 9.14. The summed E-state index contributed by atoms with van der Waals surface area (Å²) >= 11 is 0. The lowest BCUT2D eigenvalue weighted by atomic mass is 10.3. The highest BCUT2D eigenvalue weighted by Gasteiger charge is 2.30. The SMILES string of the molecule is CON=C1N(C)CC(C#N)N1C. The van der Waals surface area contributed by atoms with Gasteiger partial charge >= 0.3 is 0 Å². The van der Waals surface area contributed by atoms with Gasteiger partial charge in [0, 0.05) is 14.1 Å². The van der Waals surface area contributed by atoms with Crippen LogP contribution in [-0.2, 0) is 4.84 Å². The van der Waals surface area contributed by atoms with E-state index in [-0.39, 0.29) is 6.04 Å². The predicted molar refractivity (Wildman–Crippen MR) is 44.2 cm³/mol. The zero-order valence-corrected chi connectivity index (χ0v) is 7.48. The second-order valence-corrected chi connectivity index (χ2v) is 2.71. The van der Waals surface area contributed by atoms with Crippen molar-refractivity contribution in [3.05, 3.63) is 0 Å². The fraction of sp³-hybridized carbons (Fsp3) is 0.714. The van der Waals surface area contributed by atoms with Gasteiger partial charge < -0.3 is 14.6 Å². The largest absolute Gasteiger partial charge is 0.396 e. The van der Waals surface area contributed by atoms with E-state index < -0.39 is 0 Å². The standard InChI is InChI=1S/C7H12N4O/c1-10-5-6(4-8)11(2)7(10)9-12-3/h6H,5H2,1-3H3. The first-order valence-electron chi connectivity index (χ1n) is 3.65. The molecule has 0 saturated carbocycles. The molecule has 0 aliphatic carbocycles. The minimum atomic E-state index is -0.121. The van der Waals surface area contributed by atoms with Crippen molar-refractivity contribution < 1.29 is 4.84 Å². The number of rotatable bonds is 1. The Morgan fingerprint density at radius 1 is 1.67 bits per heavy atom. The molecule has 1 aliphatic heterocycles. The fourth-order valence-corrected chi connectivity index (χ4v) is 1.22. The van der Waals surface area contributed by atoms with E-state index in [1.807, 2.05) is 19.0 Å². The predicted octanol–water partition coefficient (Wildman–Crippen LogP) is -0.327. The summed E-state index contributed by atoms with van der Waals surface area (Å²) in [5.41, 5.74) is 0. The highest BCUT2D eigenvalue weighted by Crippen LogP contribution is 2.10. The van der Waals surface area contributed by atoms with Gasteiger partial charge in [-0.05, 0) is 5.16 Å². The third-order valence-electron chi connectivity index (χ3n) is 1.89. The average molecular weight is 168 g/mol. The molecular weight excluding hydrogens is 156 g/mol. The molecule has 1 rings (SSSR count). The summed E-state index contributed by atoms with van der Waals surface area (Å²) in [6, 6.07) is 2.06. The van der Waals surface area contributed by atoms with Crippen LogP contribution in [0.25, 0.3) is 0 Å². The van der Waals surface area contributed by atoms with Crippen LogP contribution in [0.2, 0.25) is 0 Å². The van der Waals surface area contributed by atoms with Gasteiger partial charge in [-0.25, -0.2) is 0 Å². The van der Waals surface area contributed by atoms with Crippen LogP contribution >= 0.6 is 0 Å². The Bertz CT molecular complexity index is 232. The van der Waals surface area contributed by atoms with Crippen molar-refractivity contribution in [1.29, 1.82) is 5.26 Å². The van der Waals surface area contributed by atoms with E-state index in [0.717, 1.165) is 0 Å². The molecule has 1 heterocycles. The zero-order valence-electron chi connectivity index (χ0n) is 7.48. The van der Waals surface area contributed by atoms with Gasteiger partial charge in [0.1, 0.15) is 13.2 Å². The van der Waals surface area contributed by atoms with Gasteiger partial charge in [-0.2, -0.15) is 5.26 Å². The second kappa shape index (κ2) is 3.30. The van der Waals surface area contributed by atoms with Crippen LogP contribution in [0, 0.1) is 11.3 Å². The van der Waals surface area contributed by atoms with E-state index in [4.69, 9.17) is 5.26 Å². The van der Waals surface area contributed by atoms with Gasteiger partial charge in [0.25, 0.3) is 0 Å². The molecule has 0 N–H and O–H groups in total. The first-order valence-corrected chi connectivity index (χ1v) is 3.65. The van der Waals surface area contributed by atoms with Gasteiger partial charge in [0.15, 0.2) is 0 Å². The van der Waals surface area contributed by atoms with Crippen LogP contribution in [-0.4, -0.2) is 49.6 Å². The molecule has 1 aliphatic rings. The highest BCUT2D eigenvalue weighted by atomic mass is 16.6. The van der Waals surface area contributed by atoms with Gasteiger partial charge in [0.05, 0.1) is 12.6 Å². The number of likely N-dealkylation sites (N-methyl/N-ethyl adjacent to an activating group) is 2. The summed E-state index contributed by atoms with van der Waals surface area (Å²) < 4.78 is 0. The first kappa shape index (κ1) is 8.65. The minimum absolute atomic E-state index is 0.121. The Morgan fingerprint density at radius 2 is 2.33 bits per heavy atom. The van der Waals surface area contributed by atoms with E-state index in [1.54, 1.807) is 4.90 Å². The molecular formula is C7H12N4O. The van der Waals surface area contributed by atoms with Gasteiger partial charge in [-0.3, -0.25) is 0 Å². The lowest BCUT2D eigenvalue weighted by Crippen LogP contribution is -2.31. The molecule has 1 atom stereocenters. The highest BCUT2D eigenvalue weighted by molar-refractivity contribution is 5.82. The van der Waals surface area contributed by atoms with Gasteiger partial charge in [0.2, 0.25) is 5.96 Å². The normalized spacial score (nSPS) is 26.2. The van der Waals surface area contributed by atoms with E-state index >= 15 is 0 Å². The molecule has 12 heavy (non-hydrogen) atoms. The lowest BCUT2D eigenvalue weighted by molar-refractivity contribution is 0.203. The minimum Gasteiger partial charge on any atom is -0.396 e. The Labute approximate surface area is 71.8 Å². The molecule has 5 heteroatoms. The molecule has 0 spiro atoms. The number of nitrogens with zero attached hydrogens (tertiary/aromatic N) is 4. The molecule has 0 aromatic carbocycles. The first-order chi connectivity index (χ1) is 5.70. The topological polar surface area (TPSA) is 51.9 Å². The van der Waals surface area contributed by atoms with Crippen molar-refractivity contribution in [2.45, 2.75) is 6.04 Å². The van der Waals surface area contributed by atoms with Crippen LogP contribution in [0.5, 0.6) is 0 Å². The summed E-state index contributed by atoms with van der Waals surface area (Å²) in [4.78, 5) is 8.34. The number of nitriles is 1. The van der Waals surface area contributed by atoms with Crippen molar-refractivity contribution in [3.63, 3.8) is 0 Å². The van der Waals surface area contributed by atoms with Crippen LogP contribution in [0.1, 0.15) is 0 Å². The summed E-state index contributed by atoms with van der Waals surface area (Å²) in [5.74, 6) is 0.698.